The van der Waals surface area contributed by atoms with Crippen LogP contribution in [0, 0.1) is 0 Å². The van der Waals surface area contributed by atoms with Crippen LogP contribution in [0.25, 0.3) is 0 Å². The Hall–Kier alpha value is -2.63. The lowest BCUT2D eigenvalue weighted by atomic mass is 9.93. The smallest absolute Gasteiger partial charge is 0.394 e. The van der Waals surface area contributed by atoms with Crippen LogP contribution < -0.4 is 10.6 Å². The summed E-state index contributed by atoms with van der Waals surface area (Å²) in [6, 6.07) is -4.14. The second kappa shape index (κ2) is 33.9. The fourth-order valence-electron chi connectivity index (χ4n) is 12.3. The van der Waals surface area contributed by atoms with Gasteiger partial charge in [-0.15, -0.1) is 0 Å². The van der Waals surface area contributed by atoms with E-state index in [4.69, 9.17) is 75.2 Å². The van der Waals surface area contributed by atoms with Gasteiger partial charge in [0.05, 0.1) is 51.8 Å². The second-order valence-electron chi connectivity index (χ2n) is 24.3. The molecule has 0 bridgehead atoms. The molecule has 8 aliphatic heterocycles. The summed E-state index contributed by atoms with van der Waals surface area (Å²) in [5, 5.41) is 234. The zero-order valence-electron chi connectivity index (χ0n) is 51.7. The van der Waals surface area contributed by atoms with E-state index in [0.717, 1.165) is 13.8 Å². The molecule has 40 atom stereocenters. The summed E-state index contributed by atoms with van der Waals surface area (Å²) in [7, 11) is -5.61. The van der Waals surface area contributed by atoms with Gasteiger partial charge >= 0.3 is 10.4 Å². The summed E-state index contributed by atoms with van der Waals surface area (Å²) in [6.45, 7) is -2.84. The summed E-state index contributed by atoms with van der Waals surface area (Å²) in [6.07, 6.45) is -79.0. The number of amides is 2. The highest BCUT2D eigenvalue weighted by molar-refractivity contribution is 7.80. The first-order valence-corrected chi connectivity index (χ1v) is 31.9. The molecule has 0 spiro atoms. The number of aliphatic hydroxyl groups excluding tert-OH is 21. The summed E-state index contributed by atoms with van der Waals surface area (Å²) in [5.74, 6) is -2.06. The summed E-state index contributed by atoms with van der Waals surface area (Å²) >= 11 is 0. The van der Waals surface area contributed by atoms with Gasteiger partial charge in [0.25, 0.3) is 0 Å². The number of carbonyl (C=O) groups is 2. The molecule has 8 saturated heterocycles. The third kappa shape index (κ3) is 17.8. The molecule has 564 valence electrons. The Morgan fingerprint density at radius 1 is 0.330 bits per heavy atom. The molecule has 45 heteroatoms. The Kier molecular flexibility index (Phi) is 28.0. The quantitative estimate of drug-likeness (QED) is 0.0399. The molecule has 8 rings (SSSR count). The van der Waals surface area contributed by atoms with Crippen LogP contribution in [0.3, 0.4) is 0 Å². The maximum Gasteiger partial charge on any atom is 0.397 e. The van der Waals surface area contributed by atoms with E-state index in [1.807, 2.05) is 0 Å². The number of hydrogen-bond donors (Lipinski definition) is 24. The van der Waals surface area contributed by atoms with Crippen LogP contribution in [0.1, 0.15) is 27.7 Å². The molecule has 0 aliphatic carbocycles. The zero-order valence-corrected chi connectivity index (χ0v) is 52.6. The average molecular weight is 1450 g/mol. The van der Waals surface area contributed by atoms with Gasteiger partial charge in [0, 0.05) is 13.8 Å². The molecular formula is C52H88N2O42S. The molecule has 8 aliphatic rings. The van der Waals surface area contributed by atoms with Crippen LogP contribution in [0.4, 0.5) is 0 Å². The number of nitrogens with one attached hydrogen (secondary N) is 2. The van der Waals surface area contributed by atoms with Gasteiger partial charge < -0.3 is 189 Å². The van der Waals surface area contributed by atoms with Gasteiger partial charge in [-0.1, -0.05) is 0 Å². The number of ether oxygens (including phenoxy) is 15. The van der Waals surface area contributed by atoms with Crippen molar-refractivity contribution >= 4 is 22.2 Å². The van der Waals surface area contributed by atoms with Gasteiger partial charge in [-0.25, -0.2) is 4.18 Å². The van der Waals surface area contributed by atoms with E-state index in [1.165, 1.54) is 13.8 Å². The Labute approximate surface area is 549 Å². The van der Waals surface area contributed by atoms with Crippen molar-refractivity contribution in [3.05, 3.63) is 0 Å². The van der Waals surface area contributed by atoms with E-state index in [2.05, 4.69) is 10.6 Å². The van der Waals surface area contributed by atoms with Crippen molar-refractivity contribution in [2.75, 3.05) is 39.6 Å². The highest BCUT2D eigenvalue weighted by atomic mass is 32.3. The van der Waals surface area contributed by atoms with Crippen LogP contribution in [-0.4, -0.2) is 417 Å². The SMILES string of the molecule is CC(=O)N[C@H]1[C@H](O[C@H]2[C@@H](O)[C@@H](CO)O[C@@H](O[C@H]3[C@H](O[C@@H]4O[C@@H](C)[C@@H](O)[C@@H](O)[C@@H]4O)[C@@H](NC(C)=O)[C@H](O[C@H]4[C@@H](O)[C@@H](CO)O[C@@H](O[C@H]5[C@H](O)[C@@H](O)[C@H](O)O[C@@H]5CO)[C@@H]4O)O[C@@H]3COS(=O)(=O)O)[C@@H]2O)O[C@H](CO)[C@@H](O[C@@H]2O[C@@H](C)[C@@H](O)[C@@H](O)[C@@H]2O)[C@@H]1O[C@@H]1O[C@H](CO)[C@H](O)[C@H](O)[C@H]1O. The van der Waals surface area contributed by atoms with Crippen molar-refractivity contribution in [2.45, 2.75) is 273 Å². The molecule has 0 radical (unpaired) electrons. The Bertz CT molecular complexity index is 2610. The average Bonchev–Trinajstić information content (AvgIpc) is 0.763. The second-order valence-corrected chi connectivity index (χ2v) is 25.4. The van der Waals surface area contributed by atoms with Crippen molar-refractivity contribution in [1.82, 2.24) is 10.6 Å². The van der Waals surface area contributed by atoms with Crippen molar-refractivity contribution < 1.29 is 205 Å². The van der Waals surface area contributed by atoms with Crippen molar-refractivity contribution in [1.29, 1.82) is 0 Å². The monoisotopic (exact) mass is 1440 g/mol. The first kappa shape index (κ1) is 80.1. The van der Waals surface area contributed by atoms with Gasteiger partial charge in [-0.3, -0.25) is 14.1 Å². The summed E-state index contributed by atoms with van der Waals surface area (Å²) in [4.78, 5) is 26.7. The lowest BCUT2D eigenvalue weighted by Crippen LogP contribution is -2.72. The molecule has 0 unspecified atom stereocenters. The van der Waals surface area contributed by atoms with Crippen molar-refractivity contribution in [3.63, 3.8) is 0 Å². The standard InChI is InChI=1S/C52H88N2O42S/c1-11-23(62)28(67)33(72)48(82-11)91-39-19(9-59)88-46(21(53-13(3)60)41(39)94-50-35(74)30(69)25(64)15(5-55)85-50)95-44-27(66)17(7-57)87-52(37(44)76)92-40-20(10-81-97(78,79)80)89-47(22(54-14(4)61)42(40)93-49-34(73)29(68)24(63)12(2)83-49)96-43-26(65)16(6-56)86-51(36(43)75)90-38-18(8-58)84-45(77)32(71)31(38)70/h11-12,15-52,55-59,62-77H,5-10H2,1-4H3,(H,53,60)(H,54,61)(H,78,79,80)/t11-,12-,15+,16+,17+,18+,19+,20+,21+,22+,23+,24+,25-,26-,27-,28+,29+,30-,31+,32+,33-,34-,35+,36+,37+,38+,39+,40+,41+,42+,43-,44-,45+,46-,47-,48-,49-,50-,51-,52-/m0/s1. The highest BCUT2D eigenvalue weighted by Crippen LogP contribution is 2.40. The number of aliphatic hydroxyl groups is 21. The van der Waals surface area contributed by atoms with Gasteiger partial charge in [-0.05, 0) is 13.8 Å². The molecule has 97 heavy (non-hydrogen) atoms. The van der Waals surface area contributed by atoms with Crippen molar-refractivity contribution in [2.24, 2.45) is 0 Å². The van der Waals surface area contributed by atoms with E-state index in [9.17, 15) is 130 Å². The fourth-order valence-corrected chi connectivity index (χ4v) is 12.6. The largest absolute Gasteiger partial charge is 0.397 e. The predicted octanol–water partition coefficient (Wildman–Crippen LogP) is -16.3. The van der Waals surface area contributed by atoms with Gasteiger partial charge in [0.15, 0.2) is 50.3 Å². The van der Waals surface area contributed by atoms with Crippen LogP contribution in [0.15, 0.2) is 0 Å². The first-order chi connectivity index (χ1) is 45.6. The number of carbonyl (C=O) groups excluding carboxylic acids is 2. The molecule has 8 fully saturated rings. The van der Waals surface area contributed by atoms with Crippen LogP contribution >= 0.6 is 0 Å². The predicted molar refractivity (Wildman–Crippen MR) is 295 cm³/mol. The molecule has 0 aromatic heterocycles. The fraction of sp³-hybridized carbons (Fsp3) is 0.962. The van der Waals surface area contributed by atoms with E-state index < -0.39 is 307 Å². The minimum absolute atomic E-state index is 0.874. The Morgan fingerprint density at radius 2 is 0.639 bits per heavy atom. The van der Waals surface area contributed by atoms with Crippen molar-refractivity contribution in [3.8, 4) is 0 Å². The minimum atomic E-state index is -5.61. The van der Waals surface area contributed by atoms with Crippen LogP contribution in [0.5, 0.6) is 0 Å². The molecule has 0 aromatic rings. The van der Waals surface area contributed by atoms with Crippen LogP contribution in [0.2, 0.25) is 0 Å². The number of rotatable bonds is 24. The van der Waals surface area contributed by atoms with Gasteiger partial charge in [0.1, 0.15) is 183 Å². The molecular weight excluding hydrogens is 1360 g/mol. The maximum absolute atomic E-state index is 13.4. The van der Waals surface area contributed by atoms with E-state index in [1.54, 1.807) is 0 Å². The summed E-state index contributed by atoms with van der Waals surface area (Å²) < 4.78 is 128. The van der Waals surface area contributed by atoms with Gasteiger partial charge in [0.2, 0.25) is 11.8 Å². The van der Waals surface area contributed by atoms with E-state index >= 15 is 0 Å². The maximum atomic E-state index is 13.4. The molecule has 8 heterocycles. The molecule has 2 amide bonds. The Morgan fingerprint density at radius 3 is 1.03 bits per heavy atom. The van der Waals surface area contributed by atoms with Gasteiger partial charge in [-0.2, -0.15) is 8.42 Å². The molecule has 44 nitrogen and oxygen atoms in total. The minimum Gasteiger partial charge on any atom is -0.394 e. The third-order valence-electron chi connectivity index (χ3n) is 17.6. The molecule has 0 saturated carbocycles. The van der Waals surface area contributed by atoms with E-state index in [-0.39, 0.29) is 0 Å². The zero-order chi connectivity index (χ0) is 71.7. The Balaban J connectivity index is 1.18. The highest BCUT2D eigenvalue weighted by Gasteiger charge is 2.61. The number of hydrogen-bond acceptors (Lipinski definition) is 41. The summed E-state index contributed by atoms with van der Waals surface area (Å²) in [5.41, 5.74) is 0. The van der Waals surface area contributed by atoms with Crippen LogP contribution in [-0.2, 0) is 95.2 Å². The molecule has 0 aromatic carbocycles. The lowest BCUT2D eigenvalue weighted by molar-refractivity contribution is -0.399. The first-order valence-electron chi connectivity index (χ1n) is 30.5. The normalized spacial score (nSPS) is 50.2. The molecule has 24 N–H and O–H groups in total. The topological polar surface area (TPSA) is 685 Å². The third-order valence-corrected chi connectivity index (χ3v) is 18.0. The lowest BCUT2D eigenvalue weighted by Gasteiger charge is -2.52. The van der Waals surface area contributed by atoms with E-state index in [0.29, 0.717) is 0 Å².